The normalized spacial score (nSPS) is 12.1. The van der Waals surface area contributed by atoms with Gasteiger partial charge in [0.25, 0.3) is 5.91 Å². The monoisotopic (exact) mass is 357 g/mol. The third kappa shape index (κ3) is 4.06. The van der Waals surface area contributed by atoms with Gasteiger partial charge in [-0.05, 0) is 39.4 Å². The molecule has 0 aliphatic heterocycles. The van der Waals surface area contributed by atoms with Gasteiger partial charge < -0.3 is 5.32 Å². The van der Waals surface area contributed by atoms with Crippen LogP contribution in [0.2, 0.25) is 0 Å². The number of benzene rings is 1. The largest absolute Gasteiger partial charge is 0.347 e. The first-order valence-corrected chi connectivity index (χ1v) is 8.05. The van der Waals surface area contributed by atoms with Crippen LogP contribution in [-0.4, -0.2) is 17.8 Å². The first kappa shape index (κ1) is 14.6. The van der Waals surface area contributed by atoms with Gasteiger partial charge in [0.1, 0.15) is 4.88 Å². The first-order chi connectivity index (χ1) is 9.20. The molecule has 2 nitrogen and oxygen atoms in total. The summed E-state index contributed by atoms with van der Waals surface area (Å²) in [6.07, 6.45) is 0.735. The Hall–Kier alpha value is -0.840. The maximum Gasteiger partial charge on any atom is 0.262 e. The molecule has 0 aliphatic rings. The zero-order valence-electron chi connectivity index (χ0n) is 10.1. The maximum absolute atomic E-state index is 12.1. The van der Waals surface area contributed by atoms with Crippen molar-refractivity contribution in [3.05, 3.63) is 56.7 Å². The number of amides is 1. The summed E-state index contributed by atoms with van der Waals surface area (Å²) in [4.78, 5) is 12.8. The Morgan fingerprint density at radius 1 is 1.32 bits per heavy atom. The fourth-order valence-corrected chi connectivity index (χ4v) is 3.39. The molecule has 1 heterocycles. The Labute approximate surface area is 129 Å². The second-order valence-electron chi connectivity index (χ2n) is 4.11. The van der Waals surface area contributed by atoms with E-state index >= 15 is 0 Å². The van der Waals surface area contributed by atoms with Crippen LogP contribution >= 0.6 is 38.9 Å². The molecular weight excluding hydrogens is 346 g/mol. The van der Waals surface area contributed by atoms with Gasteiger partial charge in [0.2, 0.25) is 0 Å². The van der Waals surface area contributed by atoms with Crippen LogP contribution < -0.4 is 5.32 Å². The van der Waals surface area contributed by atoms with Crippen molar-refractivity contribution in [2.45, 2.75) is 12.5 Å². The van der Waals surface area contributed by atoms with Crippen molar-refractivity contribution >= 4 is 44.8 Å². The molecule has 2 aromatic rings. The van der Waals surface area contributed by atoms with Crippen LogP contribution in [0.5, 0.6) is 0 Å². The van der Waals surface area contributed by atoms with Crippen LogP contribution in [0.25, 0.3) is 0 Å². The summed E-state index contributed by atoms with van der Waals surface area (Å²) >= 11 is 10.7. The molecule has 0 aliphatic carbocycles. The van der Waals surface area contributed by atoms with Crippen LogP contribution in [0.1, 0.15) is 15.2 Å². The number of hydrogen-bond acceptors (Lipinski definition) is 2. The zero-order chi connectivity index (χ0) is 13.7. The average molecular weight is 359 g/mol. The third-order valence-electron chi connectivity index (χ3n) is 2.67. The molecule has 0 radical (unpaired) electrons. The second-order valence-corrected chi connectivity index (χ2v) is 6.19. The summed E-state index contributed by atoms with van der Waals surface area (Å²) in [6.45, 7) is 0. The summed E-state index contributed by atoms with van der Waals surface area (Å²) in [5.41, 5.74) is 1.17. The second kappa shape index (κ2) is 7.08. The lowest BCUT2D eigenvalue weighted by atomic mass is 10.1. The van der Waals surface area contributed by atoms with Crippen LogP contribution in [-0.2, 0) is 6.42 Å². The summed E-state index contributed by atoms with van der Waals surface area (Å²) < 4.78 is 0.822. The van der Waals surface area contributed by atoms with E-state index in [1.165, 1.54) is 16.9 Å². The van der Waals surface area contributed by atoms with Gasteiger partial charge in [-0.15, -0.1) is 22.9 Å². The van der Waals surface area contributed by atoms with E-state index in [4.69, 9.17) is 11.6 Å². The Kier molecular flexibility index (Phi) is 5.43. The van der Waals surface area contributed by atoms with Gasteiger partial charge in [0.15, 0.2) is 0 Å². The fourth-order valence-electron chi connectivity index (χ4n) is 1.75. The van der Waals surface area contributed by atoms with Crippen molar-refractivity contribution in [1.29, 1.82) is 0 Å². The number of thiophene rings is 1. The lowest BCUT2D eigenvalue weighted by molar-refractivity contribution is 0.0944. The SMILES string of the molecule is O=C(NC(CCl)Cc1ccccc1)c1sccc1Br. The number of alkyl halides is 1. The van der Waals surface area contributed by atoms with Crippen molar-refractivity contribution in [3.63, 3.8) is 0 Å². The fraction of sp³-hybridized carbons (Fsp3) is 0.214. The van der Waals surface area contributed by atoms with Crippen LogP contribution in [0.3, 0.4) is 0 Å². The third-order valence-corrected chi connectivity index (χ3v) is 4.88. The minimum atomic E-state index is -0.0801. The molecule has 5 heteroatoms. The highest BCUT2D eigenvalue weighted by Crippen LogP contribution is 2.22. The number of carbonyl (C=O) groups is 1. The minimum Gasteiger partial charge on any atom is -0.347 e. The molecule has 0 bridgehead atoms. The van der Waals surface area contributed by atoms with Crippen molar-refractivity contribution in [2.24, 2.45) is 0 Å². The Morgan fingerprint density at radius 2 is 2.05 bits per heavy atom. The molecular formula is C14H13BrClNOS. The standard InChI is InChI=1S/C14H13BrClNOS/c15-12-6-7-19-13(12)14(18)17-11(9-16)8-10-4-2-1-3-5-10/h1-7,11H,8-9H2,(H,17,18). The number of carbonyl (C=O) groups excluding carboxylic acids is 1. The molecule has 1 aromatic carbocycles. The summed E-state index contributed by atoms with van der Waals surface area (Å²) in [5.74, 6) is 0.312. The summed E-state index contributed by atoms with van der Waals surface area (Å²) in [7, 11) is 0. The van der Waals surface area contributed by atoms with E-state index in [2.05, 4.69) is 21.2 Å². The predicted molar refractivity (Wildman–Crippen MR) is 84.1 cm³/mol. The predicted octanol–water partition coefficient (Wildman–Crippen LogP) is 4.09. The van der Waals surface area contributed by atoms with Gasteiger partial charge in [-0.1, -0.05) is 30.3 Å². The summed E-state index contributed by atoms with van der Waals surface area (Å²) in [6, 6.07) is 11.8. The summed E-state index contributed by atoms with van der Waals surface area (Å²) in [5, 5.41) is 4.85. The number of halogens is 2. The van der Waals surface area contributed by atoms with Gasteiger partial charge in [0, 0.05) is 16.4 Å². The molecule has 1 N–H and O–H groups in total. The van der Waals surface area contributed by atoms with E-state index in [-0.39, 0.29) is 11.9 Å². The van der Waals surface area contributed by atoms with E-state index in [0.29, 0.717) is 10.8 Å². The molecule has 0 saturated heterocycles. The van der Waals surface area contributed by atoms with E-state index in [9.17, 15) is 4.79 Å². The lowest BCUT2D eigenvalue weighted by Gasteiger charge is -2.15. The molecule has 2 rings (SSSR count). The quantitative estimate of drug-likeness (QED) is 0.801. The zero-order valence-corrected chi connectivity index (χ0v) is 13.3. The minimum absolute atomic E-state index is 0.0643. The number of hydrogen-bond donors (Lipinski definition) is 1. The Balaban J connectivity index is 2.00. The van der Waals surface area contributed by atoms with Crippen molar-refractivity contribution in [2.75, 3.05) is 5.88 Å². The lowest BCUT2D eigenvalue weighted by Crippen LogP contribution is -2.37. The van der Waals surface area contributed by atoms with E-state index in [1.807, 2.05) is 41.8 Å². The Bertz CT molecular complexity index is 543. The molecule has 19 heavy (non-hydrogen) atoms. The molecule has 1 atom stereocenters. The highest BCUT2D eigenvalue weighted by atomic mass is 79.9. The van der Waals surface area contributed by atoms with Crippen molar-refractivity contribution in [1.82, 2.24) is 5.32 Å². The van der Waals surface area contributed by atoms with Gasteiger partial charge in [-0.3, -0.25) is 4.79 Å². The van der Waals surface area contributed by atoms with Gasteiger partial charge in [-0.2, -0.15) is 0 Å². The molecule has 0 saturated carbocycles. The Morgan fingerprint density at radius 3 is 2.63 bits per heavy atom. The molecule has 0 spiro atoms. The maximum atomic E-state index is 12.1. The number of nitrogens with one attached hydrogen (secondary N) is 1. The molecule has 1 unspecified atom stereocenters. The average Bonchev–Trinajstić information content (AvgIpc) is 2.85. The molecule has 0 fully saturated rings. The molecule has 1 aromatic heterocycles. The molecule has 100 valence electrons. The van der Waals surface area contributed by atoms with Gasteiger partial charge in [-0.25, -0.2) is 0 Å². The van der Waals surface area contributed by atoms with Crippen molar-refractivity contribution in [3.8, 4) is 0 Å². The van der Waals surface area contributed by atoms with Crippen LogP contribution in [0.4, 0.5) is 0 Å². The topological polar surface area (TPSA) is 29.1 Å². The number of rotatable bonds is 5. The molecule has 1 amide bonds. The van der Waals surface area contributed by atoms with Gasteiger partial charge in [0.05, 0.1) is 0 Å². The van der Waals surface area contributed by atoms with E-state index in [1.54, 1.807) is 0 Å². The van der Waals surface area contributed by atoms with Gasteiger partial charge >= 0.3 is 0 Å². The van der Waals surface area contributed by atoms with E-state index in [0.717, 1.165) is 10.9 Å². The first-order valence-electron chi connectivity index (χ1n) is 5.84. The van der Waals surface area contributed by atoms with E-state index < -0.39 is 0 Å². The van der Waals surface area contributed by atoms with Crippen LogP contribution in [0, 0.1) is 0 Å². The van der Waals surface area contributed by atoms with Crippen molar-refractivity contribution < 1.29 is 4.79 Å². The highest BCUT2D eigenvalue weighted by molar-refractivity contribution is 9.10. The highest BCUT2D eigenvalue weighted by Gasteiger charge is 2.16. The van der Waals surface area contributed by atoms with Crippen LogP contribution in [0.15, 0.2) is 46.3 Å². The smallest absolute Gasteiger partial charge is 0.262 e.